The zero-order valence-electron chi connectivity index (χ0n) is 7.42. The van der Waals surface area contributed by atoms with Gasteiger partial charge in [-0.1, -0.05) is 6.08 Å². The molecule has 0 saturated heterocycles. The monoisotopic (exact) mass is 172 g/mol. The summed E-state index contributed by atoms with van der Waals surface area (Å²) in [5.74, 6) is -0.808. The molecule has 0 aliphatic rings. The van der Waals surface area contributed by atoms with Gasteiger partial charge in [0.05, 0.1) is 20.6 Å². The molecule has 0 bridgehead atoms. The van der Waals surface area contributed by atoms with Crippen molar-refractivity contribution in [3.8, 4) is 0 Å². The zero-order valence-corrected chi connectivity index (χ0v) is 7.42. The number of rotatable bonds is 3. The fraction of sp³-hybridized carbons (Fsp3) is 0.500. The van der Waals surface area contributed by atoms with Crippen LogP contribution in [0.15, 0.2) is 11.6 Å². The van der Waals surface area contributed by atoms with Gasteiger partial charge in [0.15, 0.2) is 0 Å². The topological polar surface area (TPSA) is 52.6 Å². The van der Waals surface area contributed by atoms with Gasteiger partial charge in [-0.05, 0) is 6.92 Å². The standard InChI is InChI=1S/C8H12O4/c1-6(8(10)12-3)4-5-7(9)11-2/h4H,5H2,1-3H3/b6-4+. The van der Waals surface area contributed by atoms with Crippen LogP contribution in [0, 0.1) is 0 Å². The molecule has 0 atom stereocenters. The third-order valence-electron chi connectivity index (χ3n) is 1.31. The molecule has 0 amide bonds. The molecule has 0 heterocycles. The van der Waals surface area contributed by atoms with Crippen molar-refractivity contribution in [3.63, 3.8) is 0 Å². The van der Waals surface area contributed by atoms with E-state index in [1.165, 1.54) is 20.3 Å². The van der Waals surface area contributed by atoms with Crippen molar-refractivity contribution in [3.05, 3.63) is 11.6 Å². The van der Waals surface area contributed by atoms with Crippen LogP contribution in [0.5, 0.6) is 0 Å². The van der Waals surface area contributed by atoms with Crippen LogP contribution in [-0.2, 0) is 19.1 Å². The summed E-state index contributed by atoms with van der Waals surface area (Å²) in [5.41, 5.74) is 0.405. The second-order valence-corrected chi connectivity index (χ2v) is 2.16. The third-order valence-corrected chi connectivity index (χ3v) is 1.31. The van der Waals surface area contributed by atoms with Crippen LogP contribution in [0.25, 0.3) is 0 Å². The molecular formula is C8H12O4. The van der Waals surface area contributed by atoms with E-state index in [9.17, 15) is 9.59 Å². The van der Waals surface area contributed by atoms with Crippen LogP contribution in [-0.4, -0.2) is 26.2 Å². The molecule has 0 saturated carbocycles. The molecule has 0 fully saturated rings. The summed E-state index contributed by atoms with van der Waals surface area (Å²) in [5, 5.41) is 0. The van der Waals surface area contributed by atoms with Gasteiger partial charge in [0, 0.05) is 5.57 Å². The molecule has 0 N–H and O–H groups in total. The van der Waals surface area contributed by atoms with Crippen molar-refractivity contribution in [1.82, 2.24) is 0 Å². The van der Waals surface area contributed by atoms with Crippen molar-refractivity contribution in [2.24, 2.45) is 0 Å². The van der Waals surface area contributed by atoms with Crippen LogP contribution < -0.4 is 0 Å². The molecule has 0 unspecified atom stereocenters. The first kappa shape index (κ1) is 10.7. The van der Waals surface area contributed by atoms with Crippen LogP contribution in [0.4, 0.5) is 0 Å². The molecule has 0 rings (SSSR count). The SMILES string of the molecule is COC(=O)C/C=C(\C)C(=O)OC. The number of carbonyl (C=O) groups excluding carboxylic acids is 2. The van der Waals surface area contributed by atoms with Gasteiger partial charge in [-0.2, -0.15) is 0 Å². The molecule has 0 aromatic heterocycles. The van der Waals surface area contributed by atoms with E-state index in [0.717, 1.165) is 0 Å². The van der Waals surface area contributed by atoms with Gasteiger partial charge in [-0.25, -0.2) is 4.79 Å². The van der Waals surface area contributed by atoms with Crippen molar-refractivity contribution >= 4 is 11.9 Å². The smallest absolute Gasteiger partial charge is 0.333 e. The maximum absolute atomic E-state index is 10.8. The van der Waals surface area contributed by atoms with E-state index in [1.54, 1.807) is 6.92 Å². The Morgan fingerprint density at radius 3 is 2.25 bits per heavy atom. The lowest BCUT2D eigenvalue weighted by Gasteiger charge is -1.97. The van der Waals surface area contributed by atoms with E-state index in [1.807, 2.05) is 0 Å². The highest BCUT2D eigenvalue weighted by Crippen LogP contribution is 1.98. The Morgan fingerprint density at radius 1 is 1.25 bits per heavy atom. The Morgan fingerprint density at radius 2 is 1.83 bits per heavy atom. The Hall–Kier alpha value is -1.32. The third kappa shape index (κ3) is 3.75. The molecule has 0 aliphatic carbocycles. The number of carbonyl (C=O) groups is 2. The molecule has 4 heteroatoms. The first-order chi connectivity index (χ1) is 5.61. The lowest BCUT2D eigenvalue weighted by Crippen LogP contribution is -2.03. The summed E-state index contributed by atoms with van der Waals surface area (Å²) in [6.45, 7) is 1.58. The van der Waals surface area contributed by atoms with Crippen LogP contribution in [0.3, 0.4) is 0 Å². The van der Waals surface area contributed by atoms with E-state index in [0.29, 0.717) is 5.57 Å². The molecule has 0 aliphatic heterocycles. The van der Waals surface area contributed by atoms with Gasteiger partial charge in [-0.15, -0.1) is 0 Å². The number of ether oxygens (including phenoxy) is 2. The first-order valence-electron chi connectivity index (χ1n) is 3.43. The molecule has 0 aromatic rings. The van der Waals surface area contributed by atoms with Gasteiger partial charge in [0.2, 0.25) is 0 Å². The minimum absolute atomic E-state index is 0.0947. The molecular weight excluding hydrogens is 160 g/mol. The minimum Gasteiger partial charge on any atom is -0.469 e. The van der Waals surface area contributed by atoms with Gasteiger partial charge in [0.1, 0.15) is 0 Å². The van der Waals surface area contributed by atoms with Crippen molar-refractivity contribution in [2.45, 2.75) is 13.3 Å². The molecule has 4 nitrogen and oxygen atoms in total. The minimum atomic E-state index is -0.432. The Kier molecular flexibility index (Phi) is 4.76. The summed E-state index contributed by atoms with van der Waals surface area (Å²) in [7, 11) is 2.58. The highest BCUT2D eigenvalue weighted by Gasteiger charge is 2.03. The lowest BCUT2D eigenvalue weighted by atomic mass is 10.2. The molecule has 0 spiro atoms. The first-order valence-corrected chi connectivity index (χ1v) is 3.43. The highest BCUT2D eigenvalue weighted by molar-refractivity contribution is 5.88. The number of esters is 2. The zero-order chi connectivity index (χ0) is 9.56. The van der Waals surface area contributed by atoms with Crippen molar-refractivity contribution in [2.75, 3.05) is 14.2 Å². The summed E-state index contributed by atoms with van der Waals surface area (Å²) in [6.07, 6.45) is 1.56. The van der Waals surface area contributed by atoms with E-state index >= 15 is 0 Å². The fourth-order valence-corrected chi connectivity index (χ4v) is 0.564. The van der Waals surface area contributed by atoms with Crippen LogP contribution in [0.1, 0.15) is 13.3 Å². The fourth-order valence-electron chi connectivity index (χ4n) is 0.564. The van der Waals surface area contributed by atoms with E-state index in [-0.39, 0.29) is 12.4 Å². The summed E-state index contributed by atoms with van der Waals surface area (Å²) < 4.78 is 8.80. The number of hydrogen-bond donors (Lipinski definition) is 0. The normalized spacial score (nSPS) is 10.8. The van der Waals surface area contributed by atoms with Gasteiger partial charge in [-0.3, -0.25) is 4.79 Å². The van der Waals surface area contributed by atoms with Gasteiger partial charge in [0.25, 0.3) is 0 Å². The maximum atomic E-state index is 10.8. The molecule has 0 aromatic carbocycles. The second kappa shape index (κ2) is 5.35. The van der Waals surface area contributed by atoms with Gasteiger partial charge < -0.3 is 9.47 Å². The van der Waals surface area contributed by atoms with Gasteiger partial charge >= 0.3 is 11.9 Å². The van der Waals surface area contributed by atoms with Crippen molar-refractivity contribution < 1.29 is 19.1 Å². The summed E-state index contributed by atoms with van der Waals surface area (Å²) in [6, 6.07) is 0. The Labute approximate surface area is 71.2 Å². The van der Waals surface area contributed by atoms with Crippen LogP contribution in [0.2, 0.25) is 0 Å². The summed E-state index contributed by atoms with van der Waals surface area (Å²) in [4.78, 5) is 21.4. The highest BCUT2D eigenvalue weighted by atomic mass is 16.5. The van der Waals surface area contributed by atoms with Crippen molar-refractivity contribution in [1.29, 1.82) is 0 Å². The predicted molar refractivity (Wildman–Crippen MR) is 42.4 cm³/mol. The average molecular weight is 172 g/mol. The van der Waals surface area contributed by atoms with E-state index < -0.39 is 5.97 Å². The molecule has 12 heavy (non-hydrogen) atoms. The number of methoxy groups -OCH3 is 2. The largest absolute Gasteiger partial charge is 0.469 e. The second-order valence-electron chi connectivity index (χ2n) is 2.16. The Balaban J connectivity index is 4.00. The lowest BCUT2D eigenvalue weighted by molar-refractivity contribution is -0.139. The van der Waals surface area contributed by atoms with Crippen LogP contribution >= 0.6 is 0 Å². The average Bonchev–Trinajstić information content (AvgIpc) is 2.11. The Bertz CT molecular complexity index is 205. The number of hydrogen-bond acceptors (Lipinski definition) is 4. The van der Waals surface area contributed by atoms with E-state index in [4.69, 9.17) is 0 Å². The quantitative estimate of drug-likeness (QED) is 0.463. The molecule has 68 valence electrons. The summed E-state index contributed by atoms with van der Waals surface area (Å²) >= 11 is 0. The van der Waals surface area contributed by atoms with E-state index in [2.05, 4.69) is 9.47 Å². The molecule has 0 radical (unpaired) electrons. The maximum Gasteiger partial charge on any atom is 0.333 e. The predicted octanol–water partition coefficient (Wildman–Crippen LogP) is 0.669.